The maximum atomic E-state index is 13.0. The highest BCUT2D eigenvalue weighted by Gasteiger charge is 2.21. The first-order valence-corrected chi connectivity index (χ1v) is 23.4. The Bertz CT molecular complexity index is 2410. The smallest absolute Gasteiger partial charge is 0.262 e. The number of nitrogens with one attached hydrogen (secondary N) is 1. The summed E-state index contributed by atoms with van der Waals surface area (Å²) in [4.78, 5) is 46.8. The molecule has 6 rings (SSSR count). The molecular weight excluding hydrogens is 893 g/mol. The van der Waals surface area contributed by atoms with E-state index in [2.05, 4.69) is 33.0 Å². The Morgan fingerprint density at radius 3 is 1.74 bits per heavy atom. The molecule has 0 saturated heterocycles. The number of unbranched alkanes of at least 4 members (excludes halogenated alkanes) is 1. The molecule has 0 bridgehead atoms. The number of carbonyl (C=O) groups excluding carboxylic acids is 4. The van der Waals surface area contributed by atoms with Crippen molar-refractivity contribution in [3.63, 3.8) is 0 Å². The van der Waals surface area contributed by atoms with Crippen molar-refractivity contribution in [3.8, 4) is 11.5 Å². The molecule has 0 radical (unpaired) electrons. The number of aromatic nitrogens is 1. The molecule has 9 nitrogen and oxygen atoms in total. The molecule has 0 unspecified atom stereocenters. The number of carbonyl (C=O) groups is 4. The summed E-state index contributed by atoms with van der Waals surface area (Å²) in [6.45, 7) is 23.0. The van der Waals surface area contributed by atoms with Gasteiger partial charge in [-0.3, -0.25) is 23.7 Å². The van der Waals surface area contributed by atoms with E-state index in [4.69, 9.17) is 50.4 Å². The van der Waals surface area contributed by atoms with Gasteiger partial charge in [0.2, 0.25) is 0 Å². The van der Waals surface area contributed by atoms with E-state index in [0.717, 1.165) is 33.4 Å². The predicted molar refractivity (Wildman–Crippen MR) is 281 cm³/mol. The van der Waals surface area contributed by atoms with Crippen LogP contribution in [-0.4, -0.2) is 40.0 Å². The van der Waals surface area contributed by atoms with Crippen LogP contribution in [0.4, 0.5) is 17.1 Å². The van der Waals surface area contributed by atoms with Crippen LogP contribution in [0.5, 0.6) is 11.5 Å². The number of para-hydroxylation sites is 2. The van der Waals surface area contributed by atoms with E-state index in [1.54, 1.807) is 74.1 Å². The minimum Gasteiger partial charge on any atom is -0.507 e. The molecule has 0 aliphatic rings. The van der Waals surface area contributed by atoms with Gasteiger partial charge >= 0.3 is 0 Å². The van der Waals surface area contributed by atoms with Gasteiger partial charge in [-0.15, -0.1) is 0 Å². The Morgan fingerprint density at radius 2 is 1.26 bits per heavy atom. The third kappa shape index (κ3) is 19.9. The molecule has 66 heavy (non-hydrogen) atoms. The van der Waals surface area contributed by atoms with Crippen LogP contribution >= 0.6 is 34.8 Å². The van der Waals surface area contributed by atoms with Gasteiger partial charge < -0.3 is 20.9 Å². The molecule has 4 N–H and O–H groups in total. The highest BCUT2D eigenvalue weighted by atomic mass is 35.5. The van der Waals surface area contributed by atoms with E-state index in [1.165, 1.54) is 38.3 Å². The van der Waals surface area contributed by atoms with Gasteiger partial charge in [0.15, 0.2) is 5.78 Å². The molecule has 0 aliphatic heterocycles. The number of halogens is 3. The molecule has 6 aromatic rings. The number of hydrogen-bond acceptors (Lipinski definition) is 8. The second kappa shape index (κ2) is 33.0. The lowest BCUT2D eigenvalue weighted by Gasteiger charge is -2.13. The molecule has 0 amide bonds. The van der Waals surface area contributed by atoms with E-state index in [0.29, 0.717) is 44.2 Å². The van der Waals surface area contributed by atoms with E-state index < -0.39 is 0 Å². The van der Waals surface area contributed by atoms with Crippen LogP contribution in [0.3, 0.4) is 0 Å². The van der Waals surface area contributed by atoms with Crippen molar-refractivity contribution in [2.24, 2.45) is 0 Å². The number of ether oxygens (including phenoxy) is 1. The maximum absolute atomic E-state index is 13.0. The lowest BCUT2D eigenvalue weighted by Crippen LogP contribution is -2.14. The molecule has 358 valence electrons. The Morgan fingerprint density at radius 1 is 0.712 bits per heavy atom. The van der Waals surface area contributed by atoms with Crippen LogP contribution in [0.1, 0.15) is 133 Å². The molecule has 1 heterocycles. The lowest BCUT2D eigenvalue weighted by molar-refractivity contribution is -0.117. The van der Waals surface area contributed by atoms with Crippen molar-refractivity contribution in [1.82, 2.24) is 4.57 Å². The van der Waals surface area contributed by atoms with Gasteiger partial charge in [0, 0.05) is 45.9 Å². The highest BCUT2D eigenvalue weighted by Crippen LogP contribution is 2.34. The number of Topliss-reactive ketones (excluding diaryl/α,β-unsaturated/α-hetero) is 3. The van der Waals surface area contributed by atoms with Crippen LogP contribution in [0, 0.1) is 6.92 Å². The average Bonchev–Trinajstić information content (AvgIpc) is 3.57. The number of rotatable bonds is 10. The molecule has 5 aromatic carbocycles. The third-order valence-electron chi connectivity index (χ3n) is 8.84. The number of aromatic hydroxyl groups is 1. The van der Waals surface area contributed by atoms with Crippen molar-refractivity contribution >= 4 is 86.0 Å². The van der Waals surface area contributed by atoms with Crippen molar-refractivity contribution in [2.45, 2.75) is 115 Å². The first-order valence-electron chi connectivity index (χ1n) is 22.3. The summed E-state index contributed by atoms with van der Waals surface area (Å²) in [5.74, 6) is 0.484. The second-order valence-electron chi connectivity index (χ2n) is 14.3. The number of phenolic OH excluding ortho intramolecular Hbond substituents is 1. The molecule has 0 spiro atoms. The topological polar surface area (TPSA) is 141 Å². The zero-order valence-corrected chi connectivity index (χ0v) is 43.3. The van der Waals surface area contributed by atoms with Crippen LogP contribution in [0.2, 0.25) is 15.1 Å². The van der Waals surface area contributed by atoms with Gasteiger partial charge in [-0.1, -0.05) is 134 Å². The standard InChI is InChI=1S/C20H18ClNO3.C15H13Cl2NO.C8H9NO2.C4H10.C3H8.2C2H6/c1-12(23)10-17-13(2)22(19-9-8-16(25-3)11-18(17)19)20(24)14-4-6-15(21)7-5-14;1-10(19)9-11-5-2-3-8-14(11)18-15-12(16)6-4-7-13(15)17;1-5(10)7-4-6(9)2-3-8(7)11;1-3-4-2;1-3-2;2*1-2/h4-9,11H,10H2,1-3H3;2-8,18H,9H2,1H3;2-4,11H,9H2,1H3;3-4H2,1-2H3;3H2,1-2H3;2*1-2H3. The minimum absolute atomic E-state index is 0.0216. The van der Waals surface area contributed by atoms with Crippen LogP contribution < -0.4 is 15.8 Å². The summed E-state index contributed by atoms with van der Waals surface area (Å²) in [6, 6.07) is 29.6. The summed E-state index contributed by atoms with van der Waals surface area (Å²) < 4.78 is 6.95. The zero-order chi connectivity index (χ0) is 50.5. The van der Waals surface area contributed by atoms with Crippen LogP contribution in [-0.2, 0) is 22.4 Å². The normalized spacial score (nSPS) is 9.58. The summed E-state index contributed by atoms with van der Waals surface area (Å²) in [5.41, 5.74) is 11.5. The molecule has 0 fully saturated rings. The summed E-state index contributed by atoms with van der Waals surface area (Å²) >= 11 is 18.2. The van der Waals surface area contributed by atoms with Gasteiger partial charge in [-0.05, 0) is 118 Å². The maximum Gasteiger partial charge on any atom is 0.262 e. The van der Waals surface area contributed by atoms with Gasteiger partial charge in [0.25, 0.3) is 5.91 Å². The SMILES string of the molecule is CC.CC.CC(=O)Cc1ccccc1Nc1c(Cl)cccc1Cl.CC(=O)c1cc(N)ccc1O.CCC.CCCC.COc1ccc2c(c1)c(CC(C)=O)c(C)n2C(=O)c1ccc(Cl)cc1. The fraction of sp³-hybridized carbons (Fsp3) is 0.333. The van der Waals surface area contributed by atoms with Gasteiger partial charge in [0.05, 0.1) is 33.9 Å². The number of ketones is 3. The Labute approximate surface area is 408 Å². The largest absolute Gasteiger partial charge is 0.507 e. The minimum atomic E-state index is -0.185. The van der Waals surface area contributed by atoms with Crippen molar-refractivity contribution < 1.29 is 29.0 Å². The van der Waals surface area contributed by atoms with Gasteiger partial charge in [-0.25, -0.2) is 0 Å². The monoisotopic (exact) mass is 961 g/mol. The summed E-state index contributed by atoms with van der Waals surface area (Å²) in [5, 5.41) is 14.9. The van der Waals surface area contributed by atoms with Crippen LogP contribution in [0.15, 0.2) is 103 Å². The molecule has 0 atom stereocenters. The first-order chi connectivity index (χ1) is 31.4. The quantitative estimate of drug-likeness (QED) is 0.0700. The molecule has 0 aliphatic carbocycles. The van der Waals surface area contributed by atoms with E-state index in [-0.39, 0.29) is 41.0 Å². The molecule has 1 aromatic heterocycles. The number of methoxy groups -OCH3 is 1. The molecule has 12 heteroatoms. The van der Waals surface area contributed by atoms with Crippen molar-refractivity contribution in [3.05, 3.63) is 146 Å². The van der Waals surface area contributed by atoms with Gasteiger partial charge in [-0.2, -0.15) is 0 Å². The third-order valence-corrected chi connectivity index (χ3v) is 9.72. The number of nitrogens with zero attached hydrogens (tertiary/aromatic N) is 1. The Kier molecular flexibility index (Phi) is 30.2. The van der Waals surface area contributed by atoms with E-state index in [1.807, 2.05) is 77.1 Å². The van der Waals surface area contributed by atoms with Gasteiger partial charge in [0.1, 0.15) is 23.1 Å². The number of nitrogens with two attached hydrogens (primary N) is 1. The molecular formula is C54H70Cl3N3O6. The fourth-order valence-electron chi connectivity index (χ4n) is 5.70. The number of benzene rings is 5. The van der Waals surface area contributed by atoms with Crippen molar-refractivity contribution in [2.75, 3.05) is 18.2 Å². The van der Waals surface area contributed by atoms with Crippen molar-refractivity contribution in [1.29, 1.82) is 0 Å². The Balaban J connectivity index is 0.000000907. The number of fused-ring (bicyclic) bond motifs is 1. The van der Waals surface area contributed by atoms with Crippen LogP contribution in [0.25, 0.3) is 10.9 Å². The van der Waals surface area contributed by atoms with E-state index in [9.17, 15) is 19.2 Å². The number of hydrogen-bond donors (Lipinski definition) is 3. The summed E-state index contributed by atoms with van der Waals surface area (Å²) in [6.07, 6.45) is 4.54. The second-order valence-corrected chi connectivity index (χ2v) is 15.5. The fourth-order valence-corrected chi connectivity index (χ4v) is 6.31. The Hall–Kier alpha value is -5.61. The number of anilines is 3. The number of phenols is 1. The van der Waals surface area contributed by atoms with E-state index >= 15 is 0 Å². The lowest BCUT2D eigenvalue weighted by atomic mass is 10.1. The predicted octanol–water partition coefficient (Wildman–Crippen LogP) is 15.8. The summed E-state index contributed by atoms with van der Waals surface area (Å²) in [7, 11) is 1.59. The number of nitrogen functional groups attached to an aromatic ring is 1. The zero-order valence-electron chi connectivity index (χ0n) is 41.0. The molecule has 0 saturated carbocycles. The average molecular weight is 964 g/mol. The first kappa shape index (κ1) is 60.4. The highest BCUT2D eigenvalue weighted by molar-refractivity contribution is 6.39.